The van der Waals surface area contributed by atoms with Gasteiger partial charge in [-0.2, -0.15) is 13.2 Å². The van der Waals surface area contributed by atoms with Crippen molar-refractivity contribution in [2.75, 3.05) is 16.0 Å². The van der Waals surface area contributed by atoms with Gasteiger partial charge >= 0.3 is 6.18 Å². The molecule has 2 unspecified atom stereocenters. The van der Waals surface area contributed by atoms with Gasteiger partial charge in [0.1, 0.15) is 5.82 Å². The van der Waals surface area contributed by atoms with Crippen LogP contribution in [0.4, 0.5) is 34.6 Å². The molecule has 200 valence electrons. The van der Waals surface area contributed by atoms with Crippen LogP contribution in [-0.2, 0) is 19.0 Å². The molecule has 3 aromatic rings. The summed E-state index contributed by atoms with van der Waals surface area (Å²) in [7, 11) is 0. The van der Waals surface area contributed by atoms with Gasteiger partial charge in [-0.25, -0.2) is 4.39 Å². The molecule has 0 saturated heterocycles. The summed E-state index contributed by atoms with van der Waals surface area (Å²) >= 11 is 13.1. The maximum atomic E-state index is 13.7. The van der Waals surface area contributed by atoms with Crippen LogP contribution in [0, 0.1) is 5.82 Å². The largest absolute Gasteiger partial charge is 0.416 e. The van der Waals surface area contributed by atoms with Crippen LogP contribution in [0.3, 0.4) is 0 Å². The minimum Gasteiger partial charge on any atom is -0.383 e. The molecule has 37 heavy (non-hydrogen) atoms. The van der Waals surface area contributed by atoms with Gasteiger partial charge in [0.25, 0.3) is 0 Å². The monoisotopic (exact) mass is 555 g/mol. The van der Waals surface area contributed by atoms with Crippen molar-refractivity contribution in [2.24, 2.45) is 0 Å². The smallest absolute Gasteiger partial charge is 0.383 e. The van der Waals surface area contributed by atoms with Crippen molar-refractivity contribution < 1.29 is 17.6 Å². The van der Waals surface area contributed by atoms with Crippen molar-refractivity contribution in [3.05, 3.63) is 87.2 Å². The van der Waals surface area contributed by atoms with Crippen molar-refractivity contribution in [2.45, 2.75) is 64.8 Å². The van der Waals surface area contributed by atoms with Crippen molar-refractivity contribution >= 4 is 40.3 Å². The molecule has 3 rings (SSSR count). The second-order valence-electron chi connectivity index (χ2n) is 9.59. The molecular weight excluding hydrogens is 525 g/mol. The second kappa shape index (κ2) is 12.3. The molecule has 3 nitrogen and oxygen atoms in total. The summed E-state index contributed by atoms with van der Waals surface area (Å²) in [5.41, 5.74) is 2.13. The van der Waals surface area contributed by atoms with E-state index in [1.807, 2.05) is 27.7 Å². The van der Waals surface area contributed by atoms with Gasteiger partial charge in [-0.15, -0.1) is 0 Å². The van der Waals surface area contributed by atoms with Crippen LogP contribution < -0.4 is 16.0 Å². The third-order valence-corrected chi connectivity index (χ3v) is 6.39. The van der Waals surface area contributed by atoms with Crippen LogP contribution in [0.5, 0.6) is 0 Å². The summed E-state index contributed by atoms with van der Waals surface area (Å²) in [6.45, 7) is 7.52. The zero-order valence-electron chi connectivity index (χ0n) is 21.1. The Morgan fingerprint density at radius 3 is 1.81 bits per heavy atom. The third-order valence-electron chi connectivity index (χ3n) is 5.72. The fourth-order valence-electron chi connectivity index (χ4n) is 4.18. The average molecular weight is 556 g/mol. The molecule has 0 fully saturated rings. The molecule has 0 aromatic heterocycles. The minimum atomic E-state index is -4.46. The minimum absolute atomic E-state index is 0.0201. The number of hydrogen-bond donors (Lipinski definition) is 3. The number of alkyl halides is 3. The molecule has 0 heterocycles. The van der Waals surface area contributed by atoms with Crippen LogP contribution in [-0.4, -0.2) is 18.1 Å². The summed E-state index contributed by atoms with van der Waals surface area (Å²) in [4.78, 5) is 0. The SMILES string of the molecule is CC(C)Nc1ccc(CC(C)Nc2cc(Cl)c(CC(C)Nc3ccc(F)cc3)c(Cl)c2)c(C(F)(F)F)c1. The van der Waals surface area contributed by atoms with Gasteiger partial charge in [0.05, 0.1) is 5.56 Å². The van der Waals surface area contributed by atoms with Gasteiger partial charge in [0.2, 0.25) is 0 Å². The normalized spacial score (nSPS) is 13.4. The Balaban J connectivity index is 1.69. The third kappa shape index (κ3) is 8.44. The lowest BCUT2D eigenvalue weighted by atomic mass is 9.99. The van der Waals surface area contributed by atoms with E-state index in [0.29, 0.717) is 27.8 Å². The van der Waals surface area contributed by atoms with E-state index >= 15 is 0 Å². The number of halogens is 6. The van der Waals surface area contributed by atoms with Gasteiger partial charge in [-0.3, -0.25) is 0 Å². The second-order valence-corrected chi connectivity index (χ2v) is 10.4. The van der Waals surface area contributed by atoms with Gasteiger partial charge in [0, 0.05) is 45.2 Å². The number of anilines is 3. The van der Waals surface area contributed by atoms with E-state index in [2.05, 4.69) is 16.0 Å². The molecule has 2 atom stereocenters. The van der Waals surface area contributed by atoms with Crippen LogP contribution in [0.2, 0.25) is 10.0 Å². The first-order valence-electron chi connectivity index (χ1n) is 12.0. The Hall–Kier alpha value is -2.64. The van der Waals surface area contributed by atoms with E-state index in [1.54, 1.807) is 30.3 Å². The van der Waals surface area contributed by atoms with E-state index < -0.39 is 11.7 Å². The first-order valence-corrected chi connectivity index (χ1v) is 12.8. The first-order chi connectivity index (χ1) is 17.3. The van der Waals surface area contributed by atoms with E-state index in [4.69, 9.17) is 23.2 Å². The molecule has 0 bridgehead atoms. The summed E-state index contributed by atoms with van der Waals surface area (Å²) in [5.74, 6) is -0.309. The molecule has 0 aliphatic rings. The summed E-state index contributed by atoms with van der Waals surface area (Å²) < 4.78 is 54.4. The highest BCUT2D eigenvalue weighted by atomic mass is 35.5. The molecule has 3 N–H and O–H groups in total. The molecule has 0 spiro atoms. The molecular formula is C28H31Cl2F4N3. The molecule has 0 aliphatic heterocycles. The van der Waals surface area contributed by atoms with Crippen molar-refractivity contribution in [1.82, 2.24) is 0 Å². The fraction of sp³-hybridized carbons (Fsp3) is 0.357. The predicted octanol–water partition coefficient (Wildman–Crippen LogP) is 9.06. The average Bonchev–Trinajstić information content (AvgIpc) is 2.78. The maximum absolute atomic E-state index is 13.7. The molecule has 0 aliphatic carbocycles. The van der Waals surface area contributed by atoms with Crippen LogP contribution in [0.1, 0.15) is 44.4 Å². The lowest BCUT2D eigenvalue weighted by Gasteiger charge is -2.21. The standard InChI is InChI=1S/C28H31Cl2F4N3/c1-16(2)35-22-8-5-19(25(13-22)28(32,33)34)11-17(3)37-23-14-26(29)24(27(30)15-23)12-18(4)36-21-9-6-20(31)7-10-21/h5-10,13-18,35-37H,11-12H2,1-4H3. The summed E-state index contributed by atoms with van der Waals surface area (Å²) in [5, 5.41) is 10.4. The van der Waals surface area contributed by atoms with Crippen molar-refractivity contribution in [3.63, 3.8) is 0 Å². The highest BCUT2D eigenvalue weighted by Gasteiger charge is 2.34. The molecule has 0 amide bonds. The maximum Gasteiger partial charge on any atom is 0.416 e. The molecule has 3 aromatic carbocycles. The lowest BCUT2D eigenvalue weighted by Crippen LogP contribution is -2.21. The Morgan fingerprint density at radius 1 is 0.703 bits per heavy atom. The Labute approximate surface area is 225 Å². The highest BCUT2D eigenvalue weighted by Crippen LogP contribution is 2.35. The Kier molecular flexibility index (Phi) is 9.59. The molecule has 0 saturated carbocycles. The quantitative estimate of drug-likeness (QED) is 0.218. The number of rotatable bonds is 10. The number of benzene rings is 3. The van der Waals surface area contributed by atoms with E-state index in [-0.39, 0.29) is 35.9 Å². The van der Waals surface area contributed by atoms with Gasteiger partial charge in [0.15, 0.2) is 0 Å². The zero-order valence-corrected chi connectivity index (χ0v) is 22.6. The number of nitrogens with one attached hydrogen (secondary N) is 3. The summed E-state index contributed by atoms with van der Waals surface area (Å²) in [6.07, 6.45) is -3.78. The Morgan fingerprint density at radius 2 is 1.24 bits per heavy atom. The summed E-state index contributed by atoms with van der Waals surface area (Å²) in [6, 6.07) is 13.5. The molecule has 0 radical (unpaired) electrons. The van der Waals surface area contributed by atoms with E-state index in [0.717, 1.165) is 17.3 Å². The van der Waals surface area contributed by atoms with Gasteiger partial charge < -0.3 is 16.0 Å². The number of hydrogen-bond acceptors (Lipinski definition) is 3. The van der Waals surface area contributed by atoms with Crippen LogP contribution in [0.15, 0.2) is 54.6 Å². The zero-order chi connectivity index (χ0) is 27.3. The Bertz CT molecular complexity index is 1170. The lowest BCUT2D eigenvalue weighted by molar-refractivity contribution is -0.138. The van der Waals surface area contributed by atoms with Crippen LogP contribution >= 0.6 is 23.2 Å². The first kappa shape index (κ1) is 28.9. The van der Waals surface area contributed by atoms with Gasteiger partial charge in [-0.1, -0.05) is 29.3 Å². The van der Waals surface area contributed by atoms with Gasteiger partial charge in [-0.05, 0) is 100 Å². The topological polar surface area (TPSA) is 36.1 Å². The highest BCUT2D eigenvalue weighted by molar-refractivity contribution is 6.36. The van der Waals surface area contributed by atoms with Crippen LogP contribution in [0.25, 0.3) is 0 Å². The van der Waals surface area contributed by atoms with E-state index in [1.165, 1.54) is 18.2 Å². The van der Waals surface area contributed by atoms with Crippen molar-refractivity contribution in [1.29, 1.82) is 0 Å². The fourth-order valence-corrected chi connectivity index (χ4v) is 4.82. The van der Waals surface area contributed by atoms with Crippen molar-refractivity contribution in [3.8, 4) is 0 Å². The van der Waals surface area contributed by atoms with E-state index in [9.17, 15) is 17.6 Å². The molecule has 9 heteroatoms. The predicted molar refractivity (Wildman–Crippen MR) is 147 cm³/mol.